The molecule has 2 aromatic carbocycles. The molecule has 8 heteroatoms. The molecule has 0 spiro atoms. The van der Waals surface area contributed by atoms with E-state index in [-0.39, 0.29) is 23.8 Å². The highest BCUT2D eigenvalue weighted by Crippen LogP contribution is 2.22. The van der Waals surface area contributed by atoms with Crippen LogP contribution in [0.25, 0.3) is 0 Å². The third-order valence-electron chi connectivity index (χ3n) is 3.98. The SMILES string of the molecule is Cc1cc(C)c(NC(=O)CN(C)C(=O)Nc2cccc([N+](=O)[O-])c2)c(C)c1. The first-order chi connectivity index (χ1) is 12.7. The number of aryl methyl sites for hydroxylation is 3. The van der Waals surface area contributed by atoms with E-state index in [2.05, 4.69) is 10.6 Å². The zero-order valence-corrected chi connectivity index (χ0v) is 15.7. The number of benzene rings is 2. The fourth-order valence-corrected chi connectivity index (χ4v) is 2.76. The zero-order valence-electron chi connectivity index (χ0n) is 15.7. The number of rotatable bonds is 5. The number of likely N-dealkylation sites (N-methyl/N-ethyl adjacent to an activating group) is 1. The molecule has 0 fully saturated rings. The fraction of sp³-hybridized carbons (Fsp3) is 0.263. The summed E-state index contributed by atoms with van der Waals surface area (Å²) in [4.78, 5) is 36.0. The molecule has 0 aliphatic heterocycles. The molecule has 0 bridgehead atoms. The van der Waals surface area contributed by atoms with Crippen LogP contribution in [0, 0.1) is 30.9 Å². The van der Waals surface area contributed by atoms with Gasteiger partial charge in [0.15, 0.2) is 0 Å². The lowest BCUT2D eigenvalue weighted by Crippen LogP contribution is -2.37. The van der Waals surface area contributed by atoms with Crippen molar-refractivity contribution in [1.29, 1.82) is 0 Å². The predicted octanol–water partition coefficient (Wildman–Crippen LogP) is 3.62. The van der Waals surface area contributed by atoms with Crippen LogP contribution in [0.1, 0.15) is 16.7 Å². The van der Waals surface area contributed by atoms with E-state index in [1.807, 2.05) is 32.9 Å². The summed E-state index contributed by atoms with van der Waals surface area (Å²) in [6.07, 6.45) is 0. The first-order valence-corrected chi connectivity index (χ1v) is 8.31. The van der Waals surface area contributed by atoms with Crippen LogP contribution in [-0.2, 0) is 4.79 Å². The molecule has 2 N–H and O–H groups in total. The van der Waals surface area contributed by atoms with E-state index in [0.717, 1.165) is 22.4 Å². The Morgan fingerprint density at radius 2 is 1.70 bits per heavy atom. The van der Waals surface area contributed by atoms with Crippen LogP contribution in [-0.4, -0.2) is 35.4 Å². The second kappa shape index (κ2) is 8.31. The Morgan fingerprint density at radius 1 is 1.07 bits per heavy atom. The van der Waals surface area contributed by atoms with Crippen molar-refractivity contribution in [3.05, 3.63) is 63.2 Å². The monoisotopic (exact) mass is 370 g/mol. The van der Waals surface area contributed by atoms with Crippen LogP contribution in [0.3, 0.4) is 0 Å². The highest BCUT2D eigenvalue weighted by Gasteiger charge is 2.16. The van der Waals surface area contributed by atoms with Gasteiger partial charge in [0.25, 0.3) is 5.69 Å². The number of nitro groups is 1. The van der Waals surface area contributed by atoms with Gasteiger partial charge in [-0.25, -0.2) is 4.79 Å². The summed E-state index contributed by atoms with van der Waals surface area (Å²) in [6, 6.07) is 9.01. The van der Waals surface area contributed by atoms with Crippen molar-refractivity contribution in [3.8, 4) is 0 Å². The molecule has 8 nitrogen and oxygen atoms in total. The molecule has 0 radical (unpaired) electrons. The summed E-state index contributed by atoms with van der Waals surface area (Å²) < 4.78 is 0. The minimum Gasteiger partial charge on any atom is -0.324 e. The van der Waals surface area contributed by atoms with E-state index >= 15 is 0 Å². The minimum atomic E-state index is -0.543. The van der Waals surface area contributed by atoms with E-state index in [9.17, 15) is 19.7 Å². The van der Waals surface area contributed by atoms with Crippen molar-refractivity contribution in [2.75, 3.05) is 24.2 Å². The summed E-state index contributed by atoms with van der Waals surface area (Å²) in [6.45, 7) is 5.65. The molecular formula is C19H22N4O4. The van der Waals surface area contributed by atoms with E-state index in [0.29, 0.717) is 0 Å². The van der Waals surface area contributed by atoms with Gasteiger partial charge in [0, 0.05) is 30.6 Å². The van der Waals surface area contributed by atoms with Crippen LogP contribution in [0.4, 0.5) is 21.9 Å². The normalized spacial score (nSPS) is 10.2. The van der Waals surface area contributed by atoms with E-state index in [1.54, 1.807) is 0 Å². The Labute approximate surface area is 157 Å². The van der Waals surface area contributed by atoms with Crippen LogP contribution in [0.2, 0.25) is 0 Å². The number of amides is 3. The lowest BCUT2D eigenvalue weighted by Gasteiger charge is -2.19. The van der Waals surface area contributed by atoms with Crippen molar-refractivity contribution in [2.45, 2.75) is 20.8 Å². The van der Waals surface area contributed by atoms with Gasteiger partial charge in [-0.1, -0.05) is 23.8 Å². The molecule has 0 saturated carbocycles. The molecule has 3 amide bonds. The number of hydrogen-bond donors (Lipinski definition) is 2. The second-order valence-corrected chi connectivity index (χ2v) is 6.42. The van der Waals surface area contributed by atoms with Crippen LogP contribution in [0.15, 0.2) is 36.4 Å². The molecule has 0 unspecified atom stereocenters. The third-order valence-corrected chi connectivity index (χ3v) is 3.98. The molecule has 2 aromatic rings. The summed E-state index contributed by atoms with van der Waals surface area (Å²) >= 11 is 0. The minimum absolute atomic E-state index is 0.126. The standard InChI is InChI=1S/C19H22N4O4/c1-12-8-13(2)18(14(3)9-12)21-17(24)11-22(4)19(25)20-15-6-5-7-16(10-15)23(26)27/h5-10H,11H2,1-4H3,(H,20,25)(H,21,24). The highest BCUT2D eigenvalue weighted by atomic mass is 16.6. The molecule has 0 aromatic heterocycles. The maximum absolute atomic E-state index is 12.3. The first-order valence-electron chi connectivity index (χ1n) is 8.31. The van der Waals surface area contributed by atoms with E-state index < -0.39 is 11.0 Å². The van der Waals surface area contributed by atoms with Gasteiger partial charge in [-0.15, -0.1) is 0 Å². The summed E-state index contributed by atoms with van der Waals surface area (Å²) in [5, 5.41) is 16.2. The van der Waals surface area contributed by atoms with Gasteiger partial charge in [0.05, 0.1) is 4.92 Å². The topological polar surface area (TPSA) is 105 Å². The molecule has 27 heavy (non-hydrogen) atoms. The molecule has 0 saturated heterocycles. The number of nitro benzene ring substituents is 1. The number of hydrogen-bond acceptors (Lipinski definition) is 4. The average molecular weight is 370 g/mol. The van der Waals surface area contributed by atoms with Crippen LogP contribution >= 0.6 is 0 Å². The van der Waals surface area contributed by atoms with Gasteiger partial charge in [-0.2, -0.15) is 0 Å². The van der Waals surface area contributed by atoms with Crippen molar-refractivity contribution in [1.82, 2.24) is 4.90 Å². The maximum Gasteiger partial charge on any atom is 0.322 e. The third kappa shape index (κ3) is 5.27. The second-order valence-electron chi connectivity index (χ2n) is 6.42. The largest absolute Gasteiger partial charge is 0.324 e. The Morgan fingerprint density at radius 3 is 2.30 bits per heavy atom. The number of urea groups is 1. The van der Waals surface area contributed by atoms with Crippen LogP contribution < -0.4 is 10.6 Å². The number of non-ortho nitro benzene ring substituents is 1. The Hall–Kier alpha value is -3.42. The Kier molecular flexibility index (Phi) is 6.12. The van der Waals surface area contributed by atoms with E-state index in [4.69, 9.17) is 0 Å². The van der Waals surface area contributed by atoms with Gasteiger partial charge >= 0.3 is 6.03 Å². The van der Waals surface area contributed by atoms with Gasteiger partial charge in [-0.05, 0) is 38.0 Å². The molecule has 0 heterocycles. The lowest BCUT2D eigenvalue weighted by molar-refractivity contribution is -0.384. The summed E-state index contributed by atoms with van der Waals surface area (Å²) in [5.74, 6) is -0.332. The molecule has 0 aliphatic carbocycles. The van der Waals surface area contributed by atoms with Crippen molar-refractivity contribution in [3.63, 3.8) is 0 Å². The van der Waals surface area contributed by atoms with Gasteiger partial charge in [0.2, 0.25) is 5.91 Å². The van der Waals surface area contributed by atoms with Crippen molar-refractivity contribution >= 4 is 29.0 Å². The van der Waals surface area contributed by atoms with Gasteiger partial charge in [-0.3, -0.25) is 14.9 Å². The lowest BCUT2D eigenvalue weighted by atomic mass is 10.1. The number of carbonyl (C=O) groups excluding carboxylic acids is 2. The number of anilines is 2. The molecule has 0 atom stereocenters. The first kappa shape index (κ1) is 19.9. The quantitative estimate of drug-likeness (QED) is 0.619. The number of nitrogens with zero attached hydrogens (tertiary/aromatic N) is 2. The highest BCUT2D eigenvalue weighted by molar-refractivity contribution is 5.97. The van der Waals surface area contributed by atoms with E-state index in [1.165, 1.54) is 36.2 Å². The number of nitrogens with one attached hydrogen (secondary N) is 2. The summed E-state index contributed by atoms with van der Waals surface area (Å²) in [7, 11) is 1.47. The molecule has 0 aliphatic rings. The average Bonchev–Trinajstić information content (AvgIpc) is 2.58. The Bertz CT molecular complexity index is 872. The smallest absolute Gasteiger partial charge is 0.322 e. The van der Waals surface area contributed by atoms with Crippen molar-refractivity contribution < 1.29 is 14.5 Å². The molecule has 2 rings (SSSR count). The fourth-order valence-electron chi connectivity index (χ4n) is 2.76. The van der Waals surface area contributed by atoms with Gasteiger partial charge in [0.1, 0.15) is 6.54 Å². The molecule has 142 valence electrons. The summed E-state index contributed by atoms with van der Waals surface area (Å²) in [5.41, 5.74) is 3.90. The van der Waals surface area contributed by atoms with Crippen molar-refractivity contribution in [2.24, 2.45) is 0 Å². The molecular weight excluding hydrogens is 348 g/mol. The van der Waals surface area contributed by atoms with Gasteiger partial charge < -0.3 is 15.5 Å². The Balaban J connectivity index is 1.99. The zero-order chi connectivity index (χ0) is 20.1. The van der Waals surface area contributed by atoms with Crippen LogP contribution in [0.5, 0.6) is 0 Å². The number of carbonyl (C=O) groups is 2. The maximum atomic E-state index is 12.3. The predicted molar refractivity (Wildman–Crippen MR) is 104 cm³/mol.